The van der Waals surface area contributed by atoms with Crippen molar-refractivity contribution >= 4 is 46.1 Å². The number of carbonyl (C=O) groups excluding carboxylic acids is 1. The molecule has 0 saturated carbocycles. The smallest absolute Gasteiger partial charge is 0.344 e. The molecule has 0 bridgehead atoms. The van der Waals surface area contributed by atoms with E-state index in [9.17, 15) is 9.90 Å². The van der Waals surface area contributed by atoms with E-state index in [1.165, 1.54) is 11.8 Å². The minimum atomic E-state index is -0.618. The van der Waals surface area contributed by atoms with Crippen LogP contribution in [0.15, 0.2) is 70.0 Å². The van der Waals surface area contributed by atoms with Gasteiger partial charge in [0.1, 0.15) is 16.4 Å². The predicted octanol–water partition coefficient (Wildman–Crippen LogP) is 4.93. The number of nitrogens with zero attached hydrogens (tertiary/aromatic N) is 2. The summed E-state index contributed by atoms with van der Waals surface area (Å²) in [6.45, 7) is 1.91. The molecule has 3 rings (SSSR count). The number of aliphatic hydroxyl groups is 1. The molecule has 2 aromatic rings. The van der Waals surface area contributed by atoms with Crippen molar-refractivity contribution in [1.82, 2.24) is 4.98 Å². The zero-order chi connectivity index (χ0) is 18.5. The van der Waals surface area contributed by atoms with E-state index < -0.39 is 5.97 Å². The molecular weight excluding hydrogens is 372 g/mol. The van der Waals surface area contributed by atoms with Crippen LogP contribution in [0.1, 0.15) is 12.5 Å². The molecule has 1 N–H and O–H groups in total. The molecule has 0 saturated heterocycles. The Morgan fingerprint density at radius 3 is 2.92 bits per heavy atom. The van der Waals surface area contributed by atoms with Crippen LogP contribution in [0.2, 0.25) is 5.02 Å². The van der Waals surface area contributed by atoms with E-state index in [1.54, 1.807) is 55.7 Å². The summed E-state index contributed by atoms with van der Waals surface area (Å²) in [5, 5.41) is 11.5. The number of esters is 1. The molecule has 0 atom stereocenters. The van der Waals surface area contributed by atoms with E-state index in [4.69, 9.17) is 16.3 Å². The van der Waals surface area contributed by atoms with E-state index in [0.29, 0.717) is 20.7 Å². The van der Waals surface area contributed by atoms with Gasteiger partial charge in [0.2, 0.25) is 0 Å². The normalized spacial score (nSPS) is 17.2. The molecule has 1 aliphatic rings. The maximum atomic E-state index is 12.3. The van der Waals surface area contributed by atoms with Crippen molar-refractivity contribution in [2.45, 2.75) is 6.92 Å². The number of aliphatic hydroxyl groups excluding tert-OH is 1. The second-order valence-corrected chi connectivity index (χ2v) is 6.70. The van der Waals surface area contributed by atoms with Crippen LogP contribution < -0.4 is 0 Å². The predicted molar refractivity (Wildman–Crippen MR) is 105 cm³/mol. The van der Waals surface area contributed by atoms with Crippen LogP contribution in [0, 0.1) is 0 Å². The molecule has 0 radical (unpaired) electrons. The first-order valence-electron chi connectivity index (χ1n) is 7.83. The second-order valence-electron chi connectivity index (χ2n) is 5.24. The van der Waals surface area contributed by atoms with Gasteiger partial charge < -0.3 is 9.84 Å². The van der Waals surface area contributed by atoms with E-state index in [2.05, 4.69) is 9.98 Å². The minimum Gasteiger partial charge on any atom is -0.506 e. The van der Waals surface area contributed by atoms with Gasteiger partial charge in [0, 0.05) is 17.4 Å². The lowest BCUT2D eigenvalue weighted by Gasteiger charge is -2.04. The summed E-state index contributed by atoms with van der Waals surface area (Å²) >= 11 is 7.19. The summed E-state index contributed by atoms with van der Waals surface area (Å²) < 4.78 is 5.07. The SMILES string of the molecule is CCOC(=O)C1=C(O)/C(=C\c2cccnc2)SC1=Nc1cccc(Cl)c1. The van der Waals surface area contributed by atoms with Crippen molar-refractivity contribution < 1.29 is 14.6 Å². The highest BCUT2D eigenvalue weighted by atomic mass is 35.5. The first-order valence-corrected chi connectivity index (χ1v) is 9.03. The Morgan fingerprint density at radius 1 is 1.38 bits per heavy atom. The lowest BCUT2D eigenvalue weighted by molar-refractivity contribution is -0.138. The van der Waals surface area contributed by atoms with Gasteiger partial charge in [0.15, 0.2) is 0 Å². The lowest BCUT2D eigenvalue weighted by Crippen LogP contribution is -2.12. The number of halogens is 1. The molecule has 132 valence electrons. The maximum Gasteiger partial charge on any atom is 0.344 e. The first-order chi connectivity index (χ1) is 12.6. The van der Waals surface area contributed by atoms with E-state index in [0.717, 1.165) is 5.56 Å². The largest absolute Gasteiger partial charge is 0.506 e. The molecule has 0 fully saturated rings. The number of thioether (sulfide) groups is 1. The topological polar surface area (TPSA) is 71.8 Å². The number of aromatic nitrogens is 1. The highest BCUT2D eigenvalue weighted by Crippen LogP contribution is 2.40. The fourth-order valence-corrected chi connectivity index (χ4v) is 3.49. The standard InChI is InChI=1S/C19H15ClN2O3S/c1-2-25-19(24)16-17(23)15(9-12-5-4-8-21-11-12)26-18(16)22-14-7-3-6-13(20)10-14/h3-11,23H,2H2,1H3/b15-9+,22-18?. The molecule has 26 heavy (non-hydrogen) atoms. The highest BCUT2D eigenvalue weighted by Gasteiger charge is 2.33. The third-order valence-corrected chi connectivity index (χ3v) is 4.65. The van der Waals surface area contributed by atoms with Gasteiger partial charge >= 0.3 is 5.97 Å². The van der Waals surface area contributed by atoms with Gasteiger partial charge in [-0.3, -0.25) is 4.98 Å². The average molecular weight is 387 g/mol. The van der Waals surface area contributed by atoms with Crippen LogP contribution in [-0.2, 0) is 9.53 Å². The summed E-state index contributed by atoms with van der Waals surface area (Å²) in [4.78, 5) is 21.3. The van der Waals surface area contributed by atoms with Crippen molar-refractivity contribution in [3.05, 3.63) is 75.6 Å². The van der Waals surface area contributed by atoms with Crippen molar-refractivity contribution in [2.24, 2.45) is 4.99 Å². The minimum absolute atomic E-state index is 0.0481. The Balaban J connectivity index is 2.04. The lowest BCUT2D eigenvalue weighted by atomic mass is 10.2. The second kappa shape index (κ2) is 8.21. The Bertz CT molecular complexity index is 923. The van der Waals surface area contributed by atoms with Crippen molar-refractivity contribution in [1.29, 1.82) is 0 Å². The van der Waals surface area contributed by atoms with Crippen molar-refractivity contribution in [3.63, 3.8) is 0 Å². The number of pyridine rings is 1. The van der Waals surface area contributed by atoms with Crippen LogP contribution in [0.25, 0.3) is 6.08 Å². The summed E-state index contributed by atoms with van der Waals surface area (Å²) in [5.74, 6) is -0.772. The van der Waals surface area contributed by atoms with Crippen LogP contribution in [-0.4, -0.2) is 27.7 Å². The fourth-order valence-electron chi connectivity index (χ4n) is 2.27. The molecule has 1 aromatic heterocycles. The number of carbonyl (C=O) groups is 1. The number of hydrogen-bond acceptors (Lipinski definition) is 6. The summed E-state index contributed by atoms with van der Waals surface area (Å²) in [6.07, 6.45) is 5.07. The molecule has 0 amide bonds. The zero-order valence-corrected chi connectivity index (χ0v) is 15.4. The Labute approximate surface area is 160 Å². The Kier molecular flexibility index (Phi) is 5.75. The van der Waals surface area contributed by atoms with Gasteiger partial charge in [0.25, 0.3) is 0 Å². The van der Waals surface area contributed by atoms with Crippen LogP contribution in [0.3, 0.4) is 0 Å². The quantitative estimate of drug-likeness (QED) is 0.754. The van der Waals surface area contributed by atoms with Gasteiger partial charge in [-0.15, -0.1) is 0 Å². The van der Waals surface area contributed by atoms with Crippen LogP contribution in [0.5, 0.6) is 0 Å². The van der Waals surface area contributed by atoms with Crippen molar-refractivity contribution in [3.8, 4) is 0 Å². The van der Waals surface area contributed by atoms with Gasteiger partial charge in [-0.1, -0.05) is 35.5 Å². The van der Waals surface area contributed by atoms with Gasteiger partial charge in [0.05, 0.1) is 17.2 Å². The third-order valence-electron chi connectivity index (χ3n) is 3.39. The number of benzene rings is 1. The molecule has 5 nitrogen and oxygen atoms in total. The molecule has 7 heteroatoms. The zero-order valence-electron chi connectivity index (χ0n) is 13.8. The highest BCUT2D eigenvalue weighted by molar-refractivity contribution is 8.18. The molecular formula is C19H15ClN2O3S. The summed E-state index contributed by atoms with van der Waals surface area (Å²) in [6, 6.07) is 10.6. The Hall–Kier alpha value is -2.57. The van der Waals surface area contributed by atoms with Crippen molar-refractivity contribution in [2.75, 3.05) is 6.61 Å². The summed E-state index contributed by atoms with van der Waals surface area (Å²) in [7, 11) is 0. The molecule has 2 heterocycles. The fraction of sp³-hybridized carbons (Fsp3) is 0.105. The monoisotopic (exact) mass is 386 g/mol. The molecule has 0 aliphatic carbocycles. The molecule has 1 aromatic carbocycles. The number of hydrogen-bond donors (Lipinski definition) is 1. The van der Waals surface area contributed by atoms with E-state index in [1.807, 2.05) is 6.07 Å². The van der Waals surface area contributed by atoms with Crippen LogP contribution >= 0.6 is 23.4 Å². The molecule has 1 aliphatic heterocycles. The average Bonchev–Trinajstić information content (AvgIpc) is 2.91. The van der Waals surface area contributed by atoms with Crippen LogP contribution in [0.4, 0.5) is 5.69 Å². The van der Waals surface area contributed by atoms with Gasteiger partial charge in [-0.2, -0.15) is 0 Å². The number of aliphatic imine (C=N–C) groups is 1. The maximum absolute atomic E-state index is 12.3. The third kappa shape index (κ3) is 4.15. The molecule has 0 spiro atoms. The van der Waals surface area contributed by atoms with Gasteiger partial charge in [-0.25, -0.2) is 9.79 Å². The first kappa shape index (κ1) is 18.2. The van der Waals surface area contributed by atoms with E-state index >= 15 is 0 Å². The number of rotatable bonds is 4. The van der Waals surface area contributed by atoms with Gasteiger partial charge in [-0.05, 0) is 42.8 Å². The molecule has 0 unspecified atom stereocenters. The van der Waals surface area contributed by atoms with E-state index in [-0.39, 0.29) is 17.9 Å². The Morgan fingerprint density at radius 2 is 2.23 bits per heavy atom. The number of ether oxygens (including phenoxy) is 1. The summed E-state index contributed by atoms with van der Waals surface area (Å²) in [5.41, 5.74) is 1.43.